The molecule has 0 bridgehead atoms. The molecule has 1 aliphatic rings. The van der Waals surface area contributed by atoms with Gasteiger partial charge in [0.15, 0.2) is 0 Å². The summed E-state index contributed by atoms with van der Waals surface area (Å²) in [5.41, 5.74) is 2.27. The molecule has 0 unspecified atom stereocenters. The van der Waals surface area contributed by atoms with E-state index in [0.717, 1.165) is 46.0 Å². The number of fused-ring (bicyclic) bond motifs is 1. The summed E-state index contributed by atoms with van der Waals surface area (Å²) in [6, 6.07) is 10.3. The zero-order valence-electron chi connectivity index (χ0n) is 16.2. The van der Waals surface area contributed by atoms with Crippen LogP contribution in [0.2, 0.25) is 0 Å². The first-order valence-electron chi connectivity index (χ1n) is 9.59. The van der Waals surface area contributed by atoms with Crippen LogP contribution in [0.3, 0.4) is 0 Å². The van der Waals surface area contributed by atoms with Gasteiger partial charge in [0.05, 0.1) is 18.0 Å². The summed E-state index contributed by atoms with van der Waals surface area (Å²) in [6.45, 7) is 1.92. The summed E-state index contributed by atoms with van der Waals surface area (Å²) < 4.78 is 0. The van der Waals surface area contributed by atoms with E-state index in [9.17, 15) is 10.2 Å². The number of β-amino-alcohol motifs (C(OH)–C–C–N with tert-alkyl or cyclic N) is 1. The Bertz CT molecular complexity index is 944. The smallest absolute Gasteiger partial charge is 0.146 e. The Morgan fingerprint density at radius 1 is 1.21 bits per heavy atom. The van der Waals surface area contributed by atoms with Gasteiger partial charge in [-0.3, -0.25) is 0 Å². The molecule has 0 amide bonds. The normalized spacial score (nSPS) is 20.2. The molecule has 28 heavy (non-hydrogen) atoms. The Kier molecular flexibility index (Phi) is 5.59. The molecule has 0 spiro atoms. The van der Waals surface area contributed by atoms with Crippen LogP contribution < -0.4 is 4.90 Å². The quantitative estimate of drug-likeness (QED) is 0.688. The second kappa shape index (κ2) is 8.13. The van der Waals surface area contributed by atoms with Crippen LogP contribution in [0.25, 0.3) is 21.3 Å². The van der Waals surface area contributed by atoms with Crippen molar-refractivity contribution < 1.29 is 10.2 Å². The summed E-state index contributed by atoms with van der Waals surface area (Å²) in [5.74, 6) is 1.61. The van der Waals surface area contributed by atoms with Crippen molar-refractivity contribution in [3.05, 3.63) is 41.5 Å². The SMILES string of the molecule is CN(C)Cc1nc(N2CC[C@H](CO)[C@@H](O)C2)c2c(-c3ccccc3)csc2n1. The van der Waals surface area contributed by atoms with Crippen molar-refractivity contribution in [2.45, 2.75) is 19.1 Å². The van der Waals surface area contributed by atoms with E-state index < -0.39 is 6.10 Å². The van der Waals surface area contributed by atoms with E-state index in [2.05, 4.69) is 27.3 Å². The minimum absolute atomic E-state index is 0.0216. The number of nitrogens with zero attached hydrogens (tertiary/aromatic N) is 4. The maximum absolute atomic E-state index is 10.5. The first-order chi connectivity index (χ1) is 13.6. The number of thiophene rings is 1. The molecule has 0 aliphatic carbocycles. The maximum Gasteiger partial charge on any atom is 0.146 e. The number of benzene rings is 1. The minimum atomic E-state index is -0.556. The molecular formula is C21H26N4O2S. The van der Waals surface area contributed by atoms with Crippen LogP contribution in [0.15, 0.2) is 35.7 Å². The summed E-state index contributed by atoms with van der Waals surface area (Å²) in [6.07, 6.45) is 0.191. The highest BCUT2D eigenvalue weighted by Gasteiger charge is 2.30. The molecule has 4 rings (SSSR count). The molecule has 2 atom stereocenters. The van der Waals surface area contributed by atoms with Crippen LogP contribution >= 0.6 is 11.3 Å². The zero-order chi connectivity index (χ0) is 19.7. The van der Waals surface area contributed by atoms with Crippen LogP contribution in [0.1, 0.15) is 12.2 Å². The van der Waals surface area contributed by atoms with Crippen LogP contribution in [0, 0.1) is 5.92 Å². The Morgan fingerprint density at radius 3 is 2.68 bits per heavy atom. The van der Waals surface area contributed by atoms with Crippen molar-refractivity contribution in [1.82, 2.24) is 14.9 Å². The van der Waals surface area contributed by atoms with E-state index in [0.29, 0.717) is 13.1 Å². The number of aliphatic hydroxyl groups is 2. The Labute approximate surface area is 169 Å². The minimum Gasteiger partial charge on any atom is -0.396 e. The van der Waals surface area contributed by atoms with Crippen molar-refractivity contribution in [3.63, 3.8) is 0 Å². The number of hydrogen-bond donors (Lipinski definition) is 2. The standard InChI is InChI=1S/C21H26N4O2S/c1-24(2)11-18-22-20(25-9-8-15(12-26)17(27)10-25)19-16(13-28-21(19)23-18)14-6-4-3-5-7-14/h3-7,13,15,17,26-27H,8-12H2,1-2H3/t15-,17+/m1/s1. The lowest BCUT2D eigenvalue weighted by Crippen LogP contribution is -2.45. The van der Waals surface area contributed by atoms with E-state index >= 15 is 0 Å². The number of piperidine rings is 1. The molecule has 2 aromatic heterocycles. The second-order valence-electron chi connectivity index (χ2n) is 7.64. The summed E-state index contributed by atoms with van der Waals surface area (Å²) >= 11 is 1.64. The number of aromatic nitrogens is 2. The number of anilines is 1. The Hall–Kier alpha value is -2.06. The first kappa shape index (κ1) is 19.3. The largest absolute Gasteiger partial charge is 0.396 e. The highest BCUT2D eigenvalue weighted by molar-refractivity contribution is 7.17. The molecule has 1 saturated heterocycles. The number of hydrogen-bond acceptors (Lipinski definition) is 7. The van der Waals surface area contributed by atoms with Gasteiger partial charge in [0.25, 0.3) is 0 Å². The predicted octanol–water partition coefficient (Wildman–Crippen LogP) is 2.60. The third-order valence-electron chi connectivity index (χ3n) is 5.26. The molecule has 1 aromatic carbocycles. The first-order valence-corrected chi connectivity index (χ1v) is 10.5. The average Bonchev–Trinajstić information content (AvgIpc) is 3.11. The lowest BCUT2D eigenvalue weighted by atomic mass is 9.94. The van der Waals surface area contributed by atoms with E-state index in [1.165, 1.54) is 0 Å². The summed E-state index contributed by atoms with van der Waals surface area (Å²) in [5, 5.41) is 23.2. The van der Waals surface area contributed by atoms with E-state index in [-0.39, 0.29) is 12.5 Å². The molecule has 1 fully saturated rings. The lowest BCUT2D eigenvalue weighted by Gasteiger charge is -2.36. The van der Waals surface area contributed by atoms with Crippen LogP contribution in [0.5, 0.6) is 0 Å². The highest BCUT2D eigenvalue weighted by atomic mass is 32.1. The fourth-order valence-electron chi connectivity index (χ4n) is 3.76. The second-order valence-corrected chi connectivity index (χ2v) is 8.50. The third-order valence-corrected chi connectivity index (χ3v) is 6.13. The van der Waals surface area contributed by atoms with Gasteiger partial charge in [-0.05, 0) is 26.1 Å². The van der Waals surface area contributed by atoms with E-state index in [1.54, 1.807) is 11.3 Å². The van der Waals surface area contributed by atoms with E-state index in [1.807, 2.05) is 32.3 Å². The van der Waals surface area contributed by atoms with Gasteiger partial charge in [-0.1, -0.05) is 30.3 Å². The van der Waals surface area contributed by atoms with Gasteiger partial charge in [-0.2, -0.15) is 0 Å². The van der Waals surface area contributed by atoms with Crippen LogP contribution in [-0.2, 0) is 6.54 Å². The average molecular weight is 399 g/mol. The summed E-state index contributed by atoms with van der Waals surface area (Å²) in [4.78, 5) is 14.9. The summed E-state index contributed by atoms with van der Waals surface area (Å²) in [7, 11) is 4.01. The van der Waals surface area contributed by atoms with Gasteiger partial charge in [-0.15, -0.1) is 11.3 Å². The topological polar surface area (TPSA) is 72.7 Å². The molecule has 3 aromatic rings. The van der Waals surface area contributed by atoms with Crippen molar-refractivity contribution in [3.8, 4) is 11.1 Å². The number of rotatable bonds is 5. The van der Waals surface area contributed by atoms with E-state index in [4.69, 9.17) is 9.97 Å². The molecule has 0 saturated carbocycles. The van der Waals surface area contributed by atoms with Gasteiger partial charge >= 0.3 is 0 Å². The van der Waals surface area contributed by atoms with Crippen molar-refractivity contribution >= 4 is 27.4 Å². The van der Waals surface area contributed by atoms with Gasteiger partial charge in [0.2, 0.25) is 0 Å². The van der Waals surface area contributed by atoms with Gasteiger partial charge < -0.3 is 20.0 Å². The highest BCUT2D eigenvalue weighted by Crippen LogP contribution is 2.39. The zero-order valence-corrected chi connectivity index (χ0v) is 17.1. The van der Waals surface area contributed by atoms with Crippen molar-refractivity contribution in [2.75, 3.05) is 38.7 Å². The molecule has 0 radical (unpaired) electrons. The van der Waals surface area contributed by atoms with Crippen molar-refractivity contribution in [2.24, 2.45) is 5.92 Å². The fraction of sp³-hybridized carbons (Fsp3) is 0.429. The van der Waals surface area contributed by atoms with Crippen LogP contribution in [0.4, 0.5) is 5.82 Å². The Balaban J connectivity index is 1.83. The maximum atomic E-state index is 10.5. The molecule has 6 nitrogen and oxygen atoms in total. The molecule has 7 heteroatoms. The molecule has 2 N–H and O–H groups in total. The number of aliphatic hydroxyl groups excluding tert-OH is 2. The third kappa shape index (κ3) is 3.75. The monoisotopic (exact) mass is 398 g/mol. The predicted molar refractivity (Wildman–Crippen MR) is 114 cm³/mol. The lowest BCUT2D eigenvalue weighted by molar-refractivity contribution is 0.0546. The van der Waals surface area contributed by atoms with Crippen LogP contribution in [-0.4, -0.2) is 65.0 Å². The fourth-order valence-corrected chi connectivity index (χ4v) is 4.73. The molecule has 3 heterocycles. The molecule has 1 aliphatic heterocycles. The van der Waals surface area contributed by atoms with Gasteiger partial charge in [-0.25, -0.2) is 9.97 Å². The molecular weight excluding hydrogens is 372 g/mol. The molecule has 148 valence electrons. The van der Waals surface area contributed by atoms with Gasteiger partial charge in [0, 0.05) is 36.6 Å². The Morgan fingerprint density at radius 2 is 2.00 bits per heavy atom. The van der Waals surface area contributed by atoms with Gasteiger partial charge in [0.1, 0.15) is 16.5 Å². The van der Waals surface area contributed by atoms with Crippen molar-refractivity contribution in [1.29, 1.82) is 0 Å².